The Labute approximate surface area is 128 Å². The van der Waals surface area contributed by atoms with Crippen molar-refractivity contribution < 1.29 is 14.0 Å². The molecule has 1 aliphatic carbocycles. The summed E-state index contributed by atoms with van der Waals surface area (Å²) >= 11 is 0. The van der Waals surface area contributed by atoms with Gasteiger partial charge in [0.2, 0.25) is 6.79 Å². The minimum Gasteiger partial charge on any atom is -0.454 e. The van der Waals surface area contributed by atoms with Crippen molar-refractivity contribution in [2.45, 2.75) is 25.8 Å². The summed E-state index contributed by atoms with van der Waals surface area (Å²) in [6.45, 7) is 3.54. The number of fused-ring (bicyclic) bond motifs is 2. The quantitative estimate of drug-likeness (QED) is 0.872. The Kier molecular flexibility index (Phi) is 2.70. The third kappa shape index (κ3) is 2.08. The average molecular weight is 298 g/mol. The molecule has 1 saturated carbocycles. The summed E-state index contributed by atoms with van der Waals surface area (Å²) in [4.78, 5) is 2.54. The minimum atomic E-state index is 0.297. The van der Waals surface area contributed by atoms with E-state index in [2.05, 4.69) is 10.1 Å². The number of ether oxygens (including phenoxy) is 2. The van der Waals surface area contributed by atoms with Gasteiger partial charge >= 0.3 is 0 Å². The van der Waals surface area contributed by atoms with E-state index in [4.69, 9.17) is 14.0 Å². The molecule has 3 heterocycles. The predicted molar refractivity (Wildman–Crippen MR) is 79.8 cm³/mol. The third-order valence-corrected chi connectivity index (χ3v) is 4.77. The maximum Gasteiger partial charge on any atom is 0.231 e. The Morgan fingerprint density at radius 2 is 2.09 bits per heavy atom. The van der Waals surface area contributed by atoms with Gasteiger partial charge in [-0.25, -0.2) is 0 Å². The smallest absolute Gasteiger partial charge is 0.231 e. The second-order valence-corrected chi connectivity index (χ2v) is 6.43. The normalized spacial score (nSPS) is 20.2. The topological polar surface area (TPSA) is 47.7 Å². The summed E-state index contributed by atoms with van der Waals surface area (Å²) in [6, 6.07) is 5.98. The molecule has 0 spiro atoms. The van der Waals surface area contributed by atoms with Gasteiger partial charge in [0.15, 0.2) is 11.5 Å². The monoisotopic (exact) mass is 298 g/mol. The maximum absolute atomic E-state index is 5.58. The molecule has 0 atom stereocenters. The molecule has 1 fully saturated rings. The molecule has 2 aliphatic heterocycles. The van der Waals surface area contributed by atoms with Gasteiger partial charge in [0.1, 0.15) is 11.5 Å². The van der Waals surface area contributed by atoms with E-state index in [1.807, 2.05) is 18.2 Å². The van der Waals surface area contributed by atoms with E-state index in [9.17, 15) is 0 Å². The molecule has 0 radical (unpaired) electrons. The first-order valence-corrected chi connectivity index (χ1v) is 7.96. The van der Waals surface area contributed by atoms with Crippen molar-refractivity contribution in [2.75, 3.05) is 19.9 Å². The summed E-state index contributed by atoms with van der Waals surface area (Å²) in [7, 11) is 0. The van der Waals surface area contributed by atoms with Crippen molar-refractivity contribution in [3.05, 3.63) is 29.5 Å². The fourth-order valence-corrected chi connectivity index (χ4v) is 3.36. The van der Waals surface area contributed by atoms with Crippen molar-refractivity contribution in [1.82, 2.24) is 10.1 Å². The highest BCUT2D eigenvalue weighted by atomic mass is 16.7. The van der Waals surface area contributed by atoms with Gasteiger partial charge in [-0.15, -0.1) is 0 Å². The van der Waals surface area contributed by atoms with Crippen LogP contribution in [0.2, 0.25) is 0 Å². The van der Waals surface area contributed by atoms with Crippen LogP contribution in [0.25, 0.3) is 11.3 Å². The molecular formula is C17H18N2O3. The molecule has 0 bridgehead atoms. The second-order valence-electron chi connectivity index (χ2n) is 6.43. The van der Waals surface area contributed by atoms with Crippen LogP contribution in [0.4, 0.5) is 0 Å². The Morgan fingerprint density at radius 1 is 1.18 bits per heavy atom. The molecule has 2 aromatic rings. The van der Waals surface area contributed by atoms with Crippen LogP contribution >= 0.6 is 0 Å². The molecule has 0 saturated heterocycles. The molecule has 5 heteroatoms. The van der Waals surface area contributed by atoms with E-state index >= 15 is 0 Å². The van der Waals surface area contributed by atoms with Crippen molar-refractivity contribution in [1.29, 1.82) is 0 Å². The highest BCUT2D eigenvalue weighted by Crippen LogP contribution is 2.38. The fraction of sp³-hybridized carbons (Fsp3) is 0.471. The van der Waals surface area contributed by atoms with E-state index in [1.54, 1.807) is 0 Å². The highest BCUT2D eigenvalue weighted by Gasteiger charge is 2.30. The highest BCUT2D eigenvalue weighted by molar-refractivity contribution is 5.67. The van der Waals surface area contributed by atoms with Crippen molar-refractivity contribution in [3.63, 3.8) is 0 Å². The van der Waals surface area contributed by atoms with Gasteiger partial charge in [-0.05, 0) is 37.0 Å². The standard InChI is InChI=1S/C17H18N2O3/c1-2-11(1)8-19-6-5-14-13(9-19)17(18-22-14)12-3-4-15-16(7-12)21-10-20-15/h3-4,7,11H,1-2,5-6,8-10H2. The molecular weight excluding hydrogens is 280 g/mol. The van der Waals surface area contributed by atoms with Gasteiger partial charge in [-0.3, -0.25) is 4.90 Å². The van der Waals surface area contributed by atoms with E-state index in [1.165, 1.54) is 24.9 Å². The summed E-state index contributed by atoms with van der Waals surface area (Å²) in [5, 5.41) is 4.32. The summed E-state index contributed by atoms with van der Waals surface area (Å²) < 4.78 is 16.4. The number of aromatic nitrogens is 1. The number of benzene rings is 1. The van der Waals surface area contributed by atoms with Crippen LogP contribution in [0.15, 0.2) is 22.7 Å². The van der Waals surface area contributed by atoms with E-state index < -0.39 is 0 Å². The zero-order valence-electron chi connectivity index (χ0n) is 12.4. The van der Waals surface area contributed by atoms with Crippen LogP contribution in [-0.2, 0) is 13.0 Å². The van der Waals surface area contributed by atoms with E-state index in [0.717, 1.165) is 53.9 Å². The van der Waals surface area contributed by atoms with Crippen LogP contribution in [0.1, 0.15) is 24.2 Å². The number of nitrogens with zero attached hydrogens (tertiary/aromatic N) is 2. The van der Waals surface area contributed by atoms with Crippen LogP contribution in [-0.4, -0.2) is 29.9 Å². The minimum absolute atomic E-state index is 0.297. The maximum atomic E-state index is 5.58. The number of rotatable bonds is 3. The first-order chi connectivity index (χ1) is 10.9. The molecule has 22 heavy (non-hydrogen) atoms. The predicted octanol–water partition coefficient (Wildman–Crippen LogP) is 2.84. The van der Waals surface area contributed by atoms with E-state index in [0.29, 0.717) is 6.79 Å². The molecule has 5 nitrogen and oxygen atoms in total. The van der Waals surface area contributed by atoms with Gasteiger partial charge in [-0.1, -0.05) is 5.16 Å². The lowest BCUT2D eigenvalue weighted by molar-refractivity contribution is 0.174. The Morgan fingerprint density at radius 3 is 3.00 bits per heavy atom. The largest absolute Gasteiger partial charge is 0.454 e. The second kappa shape index (κ2) is 4.74. The molecule has 1 aromatic carbocycles. The molecule has 0 N–H and O–H groups in total. The van der Waals surface area contributed by atoms with Crippen molar-refractivity contribution in [2.24, 2.45) is 5.92 Å². The van der Waals surface area contributed by atoms with Crippen LogP contribution in [0, 0.1) is 5.92 Å². The lowest BCUT2D eigenvalue weighted by Crippen LogP contribution is -2.31. The lowest BCUT2D eigenvalue weighted by Gasteiger charge is -2.25. The molecule has 1 aromatic heterocycles. The number of hydrogen-bond acceptors (Lipinski definition) is 5. The molecule has 114 valence electrons. The zero-order chi connectivity index (χ0) is 14.5. The summed E-state index contributed by atoms with van der Waals surface area (Å²) in [5.41, 5.74) is 3.24. The Balaban J connectivity index is 1.47. The van der Waals surface area contributed by atoms with Crippen LogP contribution in [0.3, 0.4) is 0 Å². The average Bonchev–Trinajstić information content (AvgIpc) is 3.08. The van der Waals surface area contributed by atoms with Crippen LogP contribution in [0.5, 0.6) is 11.5 Å². The van der Waals surface area contributed by atoms with Gasteiger partial charge in [0.25, 0.3) is 0 Å². The Bertz CT molecular complexity index is 721. The number of hydrogen-bond donors (Lipinski definition) is 0. The third-order valence-electron chi connectivity index (χ3n) is 4.77. The van der Waals surface area contributed by atoms with Gasteiger partial charge < -0.3 is 14.0 Å². The van der Waals surface area contributed by atoms with Crippen molar-refractivity contribution >= 4 is 0 Å². The molecule has 5 rings (SSSR count). The molecule has 3 aliphatic rings. The summed E-state index contributed by atoms with van der Waals surface area (Å²) in [5.74, 6) is 3.55. The SMILES string of the molecule is c1cc2c(cc1-c1noc3c1CN(CC1CC1)CC3)OCO2. The van der Waals surface area contributed by atoms with Crippen LogP contribution < -0.4 is 9.47 Å². The van der Waals surface area contributed by atoms with Crippen molar-refractivity contribution in [3.8, 4) is 22.8 Å². The Hall–Kier alpha value is -2.01. The first kappa shape index (κ1) is 12.5. The van der Waals surface area contributed by atoms with Gasteiger partial charge in [0, 0.05) is 37.2 Å². The van der Waals surface area contributed by atoms with Gasteiger partial charge in [-0.2, -0.15) is 0 Å². The molecule has 0 amide bonds. The zero-order valence-corrected chi connectivity index (χ0v) is 12.4. The summed E-state index contributed by atoms with van der Waals surface area (Å²) in [6.07, 6.45) is 3.74. The van der Waals surface area contributed by atoms with E-state index in [-0.39, 0.29) is 0 Å². The molecule has 0 unspecified atom stereocenters. The first-order valence-electron chi connectivity index (χ1n) is 7.96. The lowest BCUT2D eigenvalue weighted by atomic mass is 10.0. The fourth-order valence-electron chi connectivity index (χ4n) is 3.36. The van der Waals surface area contributed by atoms with Gasteiger partial charge in [0.05, 0.1) is 0 Å².